The number of likely N-dealkylation sites (N-methyl/N-ethyl adjacent to an activating group) is 1. The molecule has 0 bridgehead atoms. The third kappa shape index (κ3) is 4.70. The molecule has 2 amide bonds. The van der Waals surface area contributed by atoms with Crippen molar-refractivity contribution in [3.63, 3.8) is 0 Å². The molecule has 0 aromatic heterocycles. The lowest BCUT2D eigenvalue weighted by atomic mass is 9.88. The maximum atomic E-state index is 14.1. The first kappa shape index (κ1) is 24.9. The highest BCUT2D eigenvalue weighted by molar-refractivity contribution is 5.99. The molecule has 10 heteroatoms. The lowest BCUT2D eigenvalue weighted by Gasteiger charge is -2.50. The molecule has 2 aromatic carbocycles. The summed E-state index contributed by atoms with van der Waals surface area (Å²) in [7, 11) is 1.71. The van der Waals surface area contributed by atoms with Crippen molar-refractivity contribution in [2.45, 2.75) is 31.2 Å². The molecule has 2 aromatic rings. The molecule has 3 aliphatic heterocycles. The van der Waals surface area contributed by atoms with E-state index < -0.39 is 29.2 Å². The zero-order valence-corrected chi connectivity index (χ0v) is 20.3. The summed E-state index contributed by atoms with van der Waals surface area (Å²) in [5.41, 5.74) is 0.577. The summed E-state index contributed by atoms with van der Waals surface area (Å²) < 4.78 is 33.4. The molecule has 0 saturated carbocycles. The van der Waals surface area contributed by atoms with E-state index in [-0.39, 0.29) is 41.7 Å². The summed E-state index contributed by atoms with van der Waals surface area (Å²) >= 11 is 0. The summed E-state index contributed by atoms with van der Waals surface area (Å²) in [6.45, 7) is 1.61. The summed E-state index contributed by atoms with van der Waals surface area (Å²) in [6, 6.07) is 12.4. The Balaban J connectivity index is 1.48. The minimum atomic E-state index is -1.52. The van der Waals surface area contributed by atoms with Gasteiger partial charge in [0.05, 0.1) is 11.1 Å². The Bertz CT molecular complexity index is 1270. The number of nitrogens with one attached hydrogen (secondary N) is 2. The van der Waals surface area contributed by atoms with Crippen LogP contribution in [0.15, 0.2) is 71.8 Å². The zero-order valence-electron chi connectivity index (χ0n) is 20.3. The number of rotatable bonds is 6. The van der Waals surface area contributed by atoms with Crippen molar-refractivity contribution in [2.24, 2.45) is 0 Å². The third-order valence-corrected chi connectivity index (χ3v) is 7.05. The van der Waals surface area contributed by atoms with Crippen LogP contribution in [0.2, 0.25) is 0 Å². The van der Waals surface area contributed by atoms with Crippen molar-refractivity contribution in [3.8, 4) is 0 Å². The van der Waals surface area contributed by atoms with Crippen LogP contribution in [0.5, 0.6) is 0 Å². The van der Waals surface area contributed by atoms with Crippen LogP contribution in [0.1, 0.15) is 17.5 Å². The van der Waals surface area contributed by atoms with Crippen LogP contribution in [0.3, 0.4) is 0 Å². The van der Waals surface area contributed by atoms with Crippen molar-refractivity contribution in [1.82, 2.24) is 20.4 Å². The van der Waals surface area contributed by atoms with Crippen LogP contribution >= 0.6 is 0 Å². The third-order valence-electron chi connectivity index (χ3n) is 7.05. The first-order valence-electron chi connectivity index (χ1n) is 12.1. The number of fused-ring (bicyclic) bond motifs is 2. The summed E-state index contributed by atoms with van der Waals surface area (Å²) in [6.07, 6.45) is 0.696. The van der Waals surface area contributed by atoms with Gasteiger partial charge < -0.3 is 30.3 Å². The fraction of sp³-hybridized carbons (Fsp3) is 0.333. The number of aliphatic hydroxyl groups excluding tert-OH is 1. The molecule has 0 radical (unpaired) electrons. The van der Waals surface area contributed by atoms with Crippen LogP contribution in [0.25, 0.3) is 0 Å². The standard InChI is InChI=1S/C27H28F2N4O4/c1-32-16-27(9-10-30-15-27)33-13-20(25(35)31-12-18-7-8-19(28)11-21(18)29)23(34)24(22(33)26(32)36)37-14-17-5-3-2-4-6-17/h2-8,11,13,23,30,34H,9-10,12,14-16H2,1H3,(H,31,35). The highest BCUT2D eigenvalue weighted by atomic mass is 19.1. The van der Waals surface area contributed by atoms with E-state index in [0.717, 1.165) is 24.2 Å². The van der Waals surface area contributed by atoms with E-state index in [1.54, 1.807) is 16.8 Å². The van der Waals surface area contributed by atoms with E-state index in [0.29, 0.717) is 19.5 Å². The largest absolute Gasteiger partial charge is 0.488 e. The summed E-state index contributed by atoms with van der Waals surface area (Å²) in [4.78, 5) is 29.9. The molecule has 8 nitrogen and oxygen atoms in total. The van der Waals surface area contributed by atoms with Gasteiger partial charge in [-0.2, -0.15) is 0 Å². The van der Waals surface area contributed by atoms with Crippen molar-refractivity contribution in [1.29, 1.82) is 0 Å². The predicted molar refractivity (Wildman–Crippen MR) is 130 cm³/mol. The van der Waals surface area contributed by atoms with Crippen LogP contribution in [0, 0.1) is 11.6 Å². The first-order valence-corrected chi connectivity index (χ1v) is 12.1. The average Bonchev–Trinajstić information content (AvgIpc) is 3.35. The van der Waals surface area contributed by atoms with E-state index in [4.69, 9.17) is 4.74 Å². The minimum Gasteiger partial charge on any atom is -0.488 e. The lowest BCUT2D eigenvalue weighted by Crippen LogP contribution is -2.63. The maximum absolute atomic E-state index is 14.1. The van der Waals surface area contributed by atoms with E-state index in [9.17, 15) is 23.5 Å². The van der Waals surface area contributed by atoms with Gasteiger partial charge in [-0.3, -0.25) is 9.59 Å². The zero-order chi connectivity index (χ0) is 26.2. The van der Waals surface area contributed by atoms with Crippen LogP contribution in [0.4, 0.5) is 8.78 Å². The van der Waals surface area contributed by atoms with Crippen LogP contribution in [-0.2, 0) is 27.5 Å². The Hall–Kier alpha value is -3.76. The fourth-order valence-corrected chi connectivity index (χ4v) is 5.10. The summed E-state index contributed by atoms with van der Waals surface area (Å²) in [5.74, 6) is -2.47. The molecular weight excluding hydrogens is 482 g/mol. The highest BCUT2D eigenvalue weighted by Gasteiger charge is 2.52. The molecule has 1 spiro atoms. The number of carbonyl (C=O) groups is 2. The topological polar surface area (TPSA) is 94.1 Å². The SMILES string of the molecule is CN1CC2(CCNC2)N2C=C(C(=O)NCc3ccc(F)cc3F)C(O)C(OCc3ccccc3)=C2C1=O. The molecule has 3 N–H and O–H groups in total. The normalized spacial score (nSPS) is 23.3. The lowest BCUT2D eigenvalue weighted by molar-refractivity contribution is -0.135. The second-order valence-corrected chi connectivity index (χ2v) is 9.57. The minimum absolute atomic E-state index is 0.00714. The van der Waals surface area contributed by atoms with E-state index in [1.165, 1.54) is 12.3 Å². The number of halogens is 2. The summed E-state index contributed by atoms with van der Waals surface area (Å²) in [5, 5.41) is 17.2. The monoisotopic (exact) mass is 510 g/mol. The number of aliphatic hydroxyl groups is 1. The van der Waals surface area contributed by atoms with Gasteiger partial charge in [0.1, 0.15) is 30.0 Å². The average molecular weight is 511 g/mol. The molecule has 0 aliphatic carbocycles. The van der Waals surface area contributed by atoms with E-state index in [2.05, 4.69) is 10.6 Å². The van der Waals surface area contributed by atoms with Crippen LogP contribution < -0.4 is 10.6 Å². The van der Waals surface area contributed by atoms with Gasteiger partial charge in [-0.15, -0.1) is 0 Å². The number of hydrogen-bond donors (Lipinski definition) is 3. The number of nitrogens with zero attached hydrogens (tertiary/aromatic N) is 2. The smallest absolute Gasteiger partial charge is 0.273 e. The van der Waals surface area contributed by atoms with Gasteiger partial charge in [0.2, 0.25) is 0 Å². The van der Waals surface area contributed by atoms with Gasteiger partial charge in [-0.25, -0.2) is 8.78 Å². The van der Waals surface area contributed by atoms with Gasteiger partial charge in [-0.1, -0.05) is 36.4 Å². The molecule has 37 heavy (non-hydrogen) atoms. The van der Waals surface area contributed by atoms with Crippen molar-refractivity contribution >= 4 is 11.8 Å². The predicted octanol–water partition coefficient (Wildman–Crippen LogP) is 1.77. The second kappa shape index (κ2) is 9.95. The molecule has 2 saturated heterocycles. The molecule has 5 rings (SSSR count). The number of piperazine rings is 1. The fourth-order valence-electron chi connectivity index (χ4n) is 5.10. The molecule has 3 aliphatic rings. The maximum Gasteiger partial charge on any atom is 0.273 e. The Morgan fingerprint density at radius 2 is 2.03 bits per heavy atom. The van der Waals surface area contributed by atoms with Gasteiger partial charge in [0, 0.05) is 44.5 Å². The van der Waals surface area contributed by atoms with Gasteiger partial charge >= 0.3 is 0 Å². The Labute approximate surface area is 213 Å². The van der Waals surface area contributed by atoms with Gasteiger partial charge in [0.15, 0.2) is 5.76 Å². The molecule has 2 atom stereocenters. The highest BCUT2D eigenvalue weighted by Crippen LogP contribution is 2.40. The number of hydrogen-bond acceptors (Lipinski definition) is 6. The first-order chi connectivity index (χ1) is 17.8. The number of carbonyl (C=O) groups excluding carboxylic acids is 2. The Morgan fingerprint density at radius 1 is 1.24 bits per heavy atom. The van der Waals surface area contributed by atoms with Gasteiger partial charge in [0.25, 0.3) is 11.8 Å². The number of ether oxygens (including phenoxy) is 1. The van der Waals surface area contributed by atoms with Crippen molar-refractivity contribution < 1.29 is 28.2 Å². The Morgan fingerprint density at radius 3 is 2.73 bits per heavy atom. The second-order valence-electron chi connectivity index (χ2n) is 9.57. The molecule has 194 valence electrons. The molecule has 2 fully saturated rings. The molecule has 2 unspecified atom stereocenters. The van der Waals surface area contributed by atoms with E-state index in [1.807, 2.05) is 30.3 Å². The van der Waals surface area contributed by atoms with E-state index >= 15 is 0 Å². The number of benzene rings is 2. The van der Waals surface area contributed by atoms with Gasteiger partial charge in [-0.05, 0) is 24.6 Å². The van der Waals surface area contributed by atoms with Crippen molar-refractivity contribution in [2.75, 3.05) is 26.7 Å². The quantitative estimate of drug-likeness (QED) is 0.549. The molecule has 3 heterocycles. The van der Waals surface area contributed by atoms with Crippen LogP contribution in [-0.4, -0.2) is 65.0 Å². The van der Waals surface area contributed by atoms with Crippen molar-refractivity contribution in [3.05, 3.63) is 94.5 Å². The Kier molecular flexibility index (Phi) is 6.70. The molecular formula is C27H28F2N4O4. The number of amides is 2.